The van der Waals surface area contributed by atoms with Gasteiger partial charge in [0.05, 0.1) is 6.26 Å². The Morgan fingerprint density at radius 1 is 1.32 bits per heavy atom. The van der Waals surface area contributed by atoms with E-state index in [9.17, 15) is 4.79 Å². The number of nitrogen functional groups attached to an aromatic ring is 1. The first-order valence-corrected chi connectivity index (χ1v) is 6.38. The fraction of sp³-hybridized carbons (Fsp3) is 0.267. The molecule has 0 saturated heterocycles. The Labute approximate surface area is 112 Å². The molecule has 0 radical (unpaired) electrons. The van der Waals surface area contributed by atoms with Gasteiger partial charge in [0, 0.05) is 18.8 Å². The summed E-state index contributed by atoms with van der Waals surface area (Å²) in [5, 5.41) is 0. The normalized spacial score (nSPS) is 10.4. The van der Waals surface area contributed by atoms with Gasteiger partial charge < -0.3 is 15.1 Å². The molecule has 0 aliphatic carbocycles. The molecule has 0 spiro atoms. The Balaban J connectivity index is 2.14. The van der Waals surface area contributed by atoms with Crippen molar-refractivity contribution in [1.29, 1.82) is 0 Å². The standard InChI is InChI=1S/C15H18N2O2/c1-2-8-17(15(18)14-7-4-9-19-14)11-12-5-3-6-13(16)10-12/h3-7,9-10H,2,8,11,16H2,1H3. The van der Waals surface area contributed by atoms with Crippen molar-refractivity contribution in [3.8, 4) is 0 Å². The van der Waals surface area contributed by atoms with E-state index in [-0.39, 0.29) is 5.91 Å². The SMILES string of the molecule is CCCN(Cc1cccc(N)c1)C(=O)c1ccco1. The van der Waals surface area contributed by atoms with Crippen molar-refractivity contribution in [2.24, 2.45) is 0 Å². The monoisotopic (exact) mass is 258 g/mol. The number of amides is 1. The summed E-state index contributed by atoms with van der Waals surface area (Å²) < 4.78 is 5.17. The topological polar surface area (TPSA) is 59.5 Å². The van der Waals surface area contributed by atoms with Crippen LogP contribution in [0.3, 0.4) is 0 Å². The lowest BCUT2D eigenvalue weighted by Crippen LogP contribution is -2.31. The molecule has 4 nitrogen and oxygen atoms in total. The summed E-state index contributed by atoms with van der Waals surface area (Å²) in [4.78, 5) is 14.1. The predicted octanol–water partition coefficient (Wildman–Crippen LogP) is 2.91. The molecule has 1 heterocycles. The molecule has 0 bridgehead atoms. The lowest BCUT2D eigenvalue weighted by Gasteiger charge is -2.21. The van der Waals surface area contributed by atoms with Crippen LogP contribution in [-0.4, -0.2) is 17.4 Å². The summed E-state index contributed by atoms with van der Waals surface area (Å²) in [6, 6.07) is 11.0. The van der Waals surface area contributed by atoms with Crippen molar-refractivity contribution in [1.82, 2.24) is 4.90 Å². The Hall–Kier alpha value is -2.23. The maximum absolute atomic E-state index is 12.3. The number of carbonyl (C=O) groups is 1. The highest BCUT2D eigenvalue weighted by Gasteiger charge is 2.17. The van der Waals surface area contributed by atoms with E-state index in [4.69, 9.17) is 10.2 Å². The van der Waals surface area contributed by atoms with Gasteiger partial charge in [-0.1, -0.05) is 19.1 Å². The number of nitrogens with zero attached hydrogens (tertiary/aromatic N) is 1. The molecule has 0 saturated carbocycles. The van der Waals surface area contributed by atoms with Gasteiger partial charge in [-0.2, -0.15) is 0 Å². The van der Waals surface area contributed by atoms with Crippen LogP contribution < -0.4 is 5.73 Å². The first-order valence-electron chi connectivity index (χ1n) is 6.38. The summed E-state index contributed by atoms with van der Waals surface area (Å²) >= 11 is 0. The Bertz CT molecular complexity index is 535. The first-order chi connectivity index (χ1) is 9.20. The summed E-state index contributed by atoms with van der Waals surface area (Å²) in [6.07, 6.45) is 2.41. The number of carbonyl (C=O) groups excluding carboxylic acids is 1. The quantitative estimate of drug-likeness (QED) is 0.839. The summed E-state index contributed by atoms with van der Waals surface area (Å²) in [5.41, 5.74) is 7.49. The second-order valence-corrected chi connectivity index (χ2v) is 4.45. The van der Waals surface area contributed by atoms with Crippen LogP contribution in [0.25, 0.3) is 0 Å². The average molecular weight is 258 g/mol. The van der Waals surface area contributed by atoms with Crippen LogP contribution in [0.15, 0.2) is 47.1 Å². The highest BCUT2D eigenvalue weighted by molar-refractivity contribution is 5.91. The number of nitrogens with two attached hydrogens (primary N) is 1. The van der Waals surface area contributed by atoms with Crippen molar-refractivity contribution >= 4 is 11.6 Å². The van der Waals surface area contributed by atoms with Gasteiger partial charge in [0.15, 0.2) is 5.76 Å². The minimum Gasteiger partial charge on any atom is -0.459 e. The van der Waals surface area contributed by atoms with E-state index in [1.54, 1.807) is 17.0 Å². The predicted molar refractivity (Wildman–Crippen MR) is 74.6 cm³/mol. The van der Waals surface area contributed by atoms with Gasteiger partial charge in [0.1, 0.15) is 0 Å². The minimum absolute atomic E-state index is 0.0886. The number of hydrogen-bond acceptors (Lipinski definition) is 3. The van der Waals surface area contributed by atoms with Crippen molar-refractivity contribution in [2.75, 3.05) is 12.3 Å². The van der Waals surface area contributed by atoms with E-state index in [0.29, 0.717) is 24.5 Å². The molecule has 1 amide bonds. The molecule has 100 valence electrons. The van der Waals surface area contributed by atoms with E-state index in [1.807, 2.05) is 31.2 Å². The van der Waals surface area contributed by atoms with E-state index >= 15 is 0 Å². The molecule has 4 heteroatoms. The van der Waals surface area contributed by atoms with E-state index in [2.05, 4.69) is 0 Å². The van der Waals surface area contributed by atoms with Gasteiger partial charge in [-0.25, -0.2) is 0 Å². The zero-order valence-electron chi connectivity index (χ0n) is 11.0. The van der Waals surface area contributed by atoms with E-state index in [1.165, 1.54) is 6.26 Å². The Morgan fingerprint density at radius 2 is 2.16 bits per heavy atom. The Kier molecular flexibility index (Phi) is 4.23. The maximum Gasteiger partial charge on any atom is 0.289 e. The fourth-order valence-electron chi connectivity index (χ4n) is 1.99. The number of rotatable bonds is 5. The van der Waals surface area contributed by atoms with Crippen LogP contribution in [0.5, 0.6) is 0 Å². The van der Waals surface area contributed by atoms with Gasteiger partial charge in [-0.3, -0.25) is 4.79 Å². The third kappa shape index (κ3) is 3.37. The maximum atomic E-state index is 12.3. The van der Waals surface area contributed by atoms with Gasteiger partial charge >= 0.3 is 0 Å². The van der Waals surface area contributed by atoms with Gasteiger partial charge in [0.25, 0.3) is 5.91 Å². The molecule has 2 rings (SSSR count). The molecule has 1 aromatic heterocycles. The number of furan rings is 1. The van der Waals surface area contributed by atoms with Gasteiger partial charge in [-0.05, 0) is 36.2 Å². The molecule has 19 heavy (non-hydrogen) atoms. The Morgan fingerprint density at radius 3 is 2.79 bits per heavy atom. The molecular formula is C15H18N2O2. The second-order valence-electron chi connectivity index (χ2n) is 4.45. The summed E-state index contributed by atoms with van der Waals surface area (Å²) in [7, 11) is 0. The third-order valence-electron chi connectivity index (χ3n) is 2.84. The van der Waals surface area contributed by atoms with E-state index < -0.39 is 0 Å². The zero-order valence-corrected chi connectivity index (χ0v) is 11.0. The van der Waals surface area contributed by atoms with Crippen LogP contribution in [0.4, 0.5) is 5.69 Å². The molecule has 0 unspecified atom stereocenters. The first kappa shape index (κ1) is 13.2. The van der Waals surface area contributed by atoms with Crippen LogP contribution in [0.1, 0.15) is 29.5 Å². The zero-order chi connectivity index (χ0) is 13.7. The van der Waals surface area contributed by atoms with Crippen molar-refractivity contribution in [2.45, 2.75) is 19.9 Å². The molecule has 0 fully saturated rings. The average Bonchev–Trinajstić information content (AvgIpc) is 2.91. The molecule has 0 aliphatic rings. The molecule has 0 aliphatic heterocycles. The summed E-state index contributed by atoms with van der Waals surface area (Å²) in [5.74, 6) is 0.284. The van der Waals surface area contributed by atoms with Crippen molar-refractivity contribution in [3.05, 3.63) is 54.0 Å². The molecule has 2 N–H and O–H groups in total. The number of anilines is 1. The number of hydrogen-bond donors (Lipinski definition) is 1. The second kappa shape index (κ2) is 6.09. The van der Waals surface area contributed by atoms with Crippen LogP contribution in [-0.2, 0) is 6.54 Å². The highest BCUT2D eigenvalue weighted by Crippen LogP contribution is 2.13. The number of benzene rings is 1. The summed E-state index contributed by atoms with van der Waals surface area (Å²) in [6.45, 7) is 3.27. The molecule has 1 aromatic carbocycles. The van der Waals surface area contributed by atoms with Gasteiger partial charge in [-0.15, -0.1) is 0 Å². The van der Waals surface area contributed by atoms with Crippen LogP contribution >= 0.6 is 0 Å². The lowest BCUT2D eigenvalue weighted by atomic mass is 10.2. The van der Waals surface area contributed by atoms with Crippen LogP contribution in [0.2, 0.25) is 0 Å². The smallest absolute Gasteiger partial charge is 0.289 e. The highest BCUT2D eigenvalue weighted by atomic mass is 16.3. The fourth-order valence-corrected chi connectivity index (χ4v) is 1.99. The third-order valence-corrected chi connectivity index (χ3v) is 2.84. The van der Waals surface area contributed by atoms with Crippen LogP contribution in [0, 0.1) is 0 Å². The molecular weight excluding hydrogens is 240 g/mol. The minimum atomic E-state index is -0.0886. The van der Waals surface area contributed by atoms with Crippen molar-refractivity contribution < 1.29 is 9.21 Å². The molecule has 0 atom stereocenters. The largest absolute Gasteiger partial charge is 0.459 e. The van der Waals surface area contributed by atoms with E-state index in [0.717, 1.165) is 12.0 Å². The molecule has 2 aromatic rings. The van der Waals surface area contributed by atoms with Gasteiger partial charge in [0.2, 0.25) is 0 Å². The lowest BCUT2D eigenvalue weighted by molar-refractivity contribution is 0.0711. The van der Waals surface area contributed by atoms with Crippen molar-refractivity contribution in [3.63, 3.8) is 0 Å².